The van der Waals surface area contributed by atoms with E-state index in [0.29, 0.717) is 30.8 Å². The molecule has 0 radical (unpaired) electrons. The number of aliphatic carboxylic acids is 1. The van der Waals surface area contributed by atoms with Crippen molar-refractivity contribution in [3.63, 3.8) is 0 Å². The summed E-state index contributed by atoms with van der Waals surface area (Å²) in [5, 5.41) is 20.7. The SMILES string of the molecule is N#Cc1cccnc1NCC1(C(=O)O)CC1. The largest absolute Gasteiger partial charge is 0.481 e. The number of hydrogen-bond acceptors (Lipinski definition) is 4. The molecule has 0 aromatic carbocycles. The van der Waals surface area contributed by atoms with E-state index in [9.17, 15) is 4.79 Å². The molecule has 1 aliphatic carbocycles. The van der Waals surface area contributed by atoms with Crippen LogP contribution in [0.25, 0.3) is 0 Å². The van der Waals surface area contributed by atoms with Crippen LogP contribution in [-0.4, -0.2) is 22.6 Å². The maximum Gasteiger partial charge on any atom is 0.311 e. The topological polar surface area (TPSA) is 86.0 Å². The van der Waals surface area contributed by atoms with Crippen LogP contribution in [0.5, 0.6) is 0 Å². The molecule has 0 unspecified atom stereocenters. The second kappa shape index (κ2) is 3.81. The third-order valence-corrected chi connectivity index (χ3v) is 2.83. The Morgan fingerprint density at radius 1 is 1.69 bits per heavy atom. The van der Waals surface area contributed by atoms with E-state index < -0.39 is 11.4 Å². The van der Waals surface area contributed by atoms with Gasteiger partial charge in [0.25, 0.3) is 0 Å². The summed E-state index contributed by atoms with van der Waals surface area (Å²) in [7, 11) is 0. The van der Waals surface area contributed by atoms with Crippen molar-refractivity contribution in [2.45, 2.75) is 12.8 Å². The first-order chi connectivity index (χ1) is 7.68. The van der Waals surface area contributed by atoms with Crippen molar-refractivity contribution < 1.29 is 9.90 Å². The van der Waals surface area contributed by atoms with Gasteiger partial charge in [0.05, 0.1) is 11.0 Å². The molecule has 0 aliphatic heterocycles. The number of carbonyl (C=O) groups is 1. The molecule has 0 saturated heterocycles. The predicted octanol–water partition coefficient (Wildman–Crippen LogP) is 1.23. The summed E-state index contributed by atoms with van der Waals surface area (Å²) in [6, 6.07) is 5.33. The zero-order valence-corrected chi connectivity index (χ0v) is 8.60. The molecular formula is C11H11N3O2. The minimum absolute atomic E-state index is 0.327. The van der Waals surface area contributed by atoms with Crippen LogP contribution in [0.15, 0.2) is 18.3 Å². The van der Waals surface area contributed by atoms with Gasteiger partial charge in [0.15, 0.2) is 0 Å². The molecule has 2 N–H and O–H groups in total. The third kappa shape index (κ3) is 1.82. The zero-order chi connectivity index (χ0) is 11.6. The summed E-state index contributed by atoms with van der Waals surface area (Å²) in [4.78, 5) is 14.9. The number of rotatable bonds is 4. The molecule has 0 atom stereocenters. The number of nitriles is 1. The molecule has 0 bridgehead atoms. The first-order valence-electron chi connectivity index (χ1n) is 5.00. The van der Waals surface area contributed by atoms with Crippen LogP contribution in [0.3, 0.4) is 0 Å². The van der Waals surface area contributed by atoms with Crippen LogP contribution in [0, 0.1) is 16.7 Å². The quantitative estimate of drug-likeness (QED) is 0.792. The van der Waals surface area contributed by atoms with Crippen LogP contribution in [0.1, 0.15) is 18.4 Å². The maximum atomic E-state index is 10.9. The highest BCUT2D eigenvalue weighted by Crippen LogP contribution is 2.45. The molecule has 0 amide bonds. The molecule has 5 nitrogen and oxygen atoms in total. The Morgan fingerprint density at radius 2 is 2.44 bits per heavy atom. The molecule has 1 aromatic heterocycles. The van der Waals surface area contributed by atoms with Gasteiger partial charge < -0.3 is 10.4 Å². The van der Waals surface area contributed by atoms with Gasteiger partial charge in [-0.05, 0) is 25.0 Å². The summed E-state index contributed by atoms with van der Waals surface area (Å²) in [5.74, 6) is -0.327. The number of hydrogen-bond donors (Lipinski definition) is 2. The molecule has 82 valence electrons. The number of pyridine rings is 1. The lowest BCUT2D eigenvalue weighted by Crippen LogP contribution is -2.24. The maximum absolute atomic E-state index is 10.9. The molecule has 1 aliphatic rings. The van der Waals surface area contributed by atoms with Crippen molar-refractivity contribution in [2.24, 2.45) is 5.41 Å². The van der Waals surface area contributed by atoms with Crippen molar-refractivity contribution in [1.82, 2.24) is 4.98 Å². The first-order valence-corrected chi connectivity index (χ1v) is 5.00. The minimum atomic E-state index is -0.783. The van der Waals surface area contributed by atoms with E-state index >= 15 is 0 Å². The number of carboxylic acids is 1. The Bertz CT molecular complexity index is 461. The number of aromatic nitrogens is 1. The fourth-order valence-corrected chi connectivity index (χ4v) is 1.51. The molecule has 5 heteroatoms. The van der Waals surface area contributed by atoms with Gasteiger partial charge in [-0.25, -0.2) is 4.98 Å². The van der Waals surface area contributed by atoms with Crippen LogP contribution < -0.4 is 5.32 Å². The summed E-state index contributed by atoms with van der Waals surface area (Å²) < 4.78 is 0. The second-order valence-corrected chi connectivity index (χ2v) is 3.95. The number of nitrogens with one attached hydrogen (secondary N) is 1. The van der Waals surface area contributed by atoms with E-state index in [-0.39, 0.29) is 0 Å². The van der Waals surface area contributed by atoms with Gasteiger partial charge in [-0.3, -0.25) is 4.79 Å². The lowest BCUT2D eigenvalue weighted by Gasteiger charge is -2.11. The molecule has 1 fully saturated rings. The lowest BCUT2D eigenvalue weighted by molar-refractivity contribution is -0.142. The molecule has 16 heavy (non-hydrogen) atoms. The molecule has 1 heterocycles. The number of nitrogens with zero attached hydrogens (tertiary/aromatic N) is 2. The Morgan fingerprint density at radius 3 is 3.00 bits per heavy atom. The fraction of sp³-hybridized carbons (Fsp3) is 0.364. The van der Waals surface area contributed by atoms with Gasteiger partial charge in [0.2, 0.25) is 0 Å². The van der Waals surface area contributed by atoms with Gasteiger partial charge in [0, 0.05) is 12.7 Å². The van der Waals surface area contributed by atoms with Gasteiger partial charge in [-0.15, -0.1) is 0 Å². The summed E-state index contributed by atoms with van der Waals surface area (Å²) in [6.45, 7) is 0.327. The van der Waals surface area contributed by atoms with Crippen LogP contribution in [0.4, 0.5) is 5.82 Å². The Balaban J connectivity index is 2.06. The standard InChI is InChI=1S/C11H11N3O2/c12-6-8-2-1-5-13-9(8)14-7-11(3-4-11)10(15)16/h1-2,5H,3-4,7H2,(H,13,14)(H,15,16). The van der Waals surface area contributed by atoms with Crippen LogP contribution in [-0.2, 0) is 4.79 Å². The van der Waals surface area contributed by atoms with Gasteiger partial charge in [-0.1, -0.05) is 0 Å². The van der Waals surface area contributed by atoms with E-state index in [1.54, 1.807) is 18.3 Å². The van der Waals surface area contributed by atoms with Crippen molar-refractivity contribution in [2.75, 3.05) is 11.9 Å². The van der Waals surface area contributed by atoms with E-state index in [1.807, 2.05) is 6.07 Å². The lowest BCUT2D eigenvalue weighted by atomic mass is 10.1. The van der Waals surface area contributed by atoms with Crippen molar-refractivity contribution in [3.8, 4) is 6.07 Å². The van der Waals surface area contributed by atoms with Gasteiger partial charge in [0.1, 0.15) is 11.9 Å². The normalized spacial score (nSPS) is 16.2. The van der Waals surface area contributed by atoms with E-state index in [2.05, 4.69) is 10.3 Å². The zero-order valence-electron chi connectivity index (χ0n) is 8.60. The Hall–Kier alpha value is -2.09. The third-order valence-electron chi connectivity index (χ3n) is 2.83. The Labute approximate surface area is 92.7 Å². The molecule has 1 saturated carbocycles. The summed E-state index contributed by atoms with van der Waals surface area (Å²) >= 11 is 0. The monoisotopic (exact) mass is 217 g/mol. The van der Waals surface area contributed by atoms with E-state index in [0.717, 1.165) is 0 Å². The molecule has 0 spiro atoms. The van der Waals surface area contributed by atoms with Crippen molar-refractivity contribution in [1.29, 1.82) is 5.26 Å². The van der Waals surface area contributed by atoms with Crippen LogP contribution >= 0.6 is 0 Å². The average molecular weight is 217 g/mol. The molecule has 1 aromatic rings. The number of anilines is 1. The second-order valence-electron chi connectivity index (χ2n) is 3.95. The highest BCUT2D eigenvalue weighted by Gasteiger charge is 2.50. The minimum Gasteiger partial charge on any atom is -0.481 e. The van der Waals surface area contributed by atoms with Crippen LogP contribution in [0.2, 0.25) is 0 Å². The Kier molecular flexibility index (Phi) is 2.49. The average Bonchev–Trinajstić information content (AvgIpc) is 3.08. The van der Waals surface area contributed by atoms with E-state index in [4.69, 9.17) is 10.4 Å². The predicted molar refractivity (Wildman–Crippen MR) is 56.7 cm³/mol. The number of carboxylic acid groups (broad SMARTS) is 1. The summed E-state index contributed by atoms with van der Waals surface area (Å²) in [5.41, 5.74) is -0.215. The summed E-state index contributed by atoms with van der Waals surface area (Å²) in [6.07, 6.45) is 2.94. The molecule has 2 rings (SSSR count). The van der Waals surface area contributed by atoms with Crippen molar-refractivity contribution >= 4 is 11.8 Å². The highest BCUT2D eigenvalue weighted by molar-refractivity contribution is 5.78. The first kappa shape index (κ1) is 10.4. The van der Waals surface area contributed by atoms with Gasteiger partial charge in [-0.2, -0.15) is 5.26 Å². The highest BCUT2D eigenvalue weighted by atomic mass is 16.4. The molecular weight excluding hydrogens is 206 g/mol. The smallest absolute Gasteiger partial charge is 0.311 e. The van der Waals surface area contributed by atoms with Crippen molar-refractivity contribution in [3.05, 3.63) is 23.9 Å². The van der Waals surface area contributed by atoms with Gasteiger partial charge >= 0.3 is 5.97 Å². The fourth-order valence-electron chi connectivity index (χ4n) is 1.51. The van der Waals surface area contributed by atoms with E-state index in [1.165, 1.54) is 0 Å².